The molecule has 7 heteroatoms. The van der Waals surface area contributed by atoms with E-state index in [9.17, 15) is 13.2 Å². The summed E-state index contributed by atoms with van der Waals surface area (Å²) in [6.45, 7) is 2.00. The van der Waals surface area contributed by atoms with Crippen molar-refractivity contribution in [3.8, 4) is 0 Å². The number of benzene rings is 1. The van der Waals surface area contributed by atoms with E-state index < -0.39 is 11.9 Å². The van der Waals surface area contributed by atoms with Gasteiger partial charge in [0, 0.05) is 18.8 Å². The first-order valence-electron chi connectivity index (χ1n) is 6.42. The minimum Gasteiger partial charge on any atom is -0.357 e. The van der Waals surface area contributed by atoms with Crippen LogP contribution in [-0.4, -0.2) is 17.0 Å². The van der Waals surface area contributed by atoms with Crippen molar-refractivity contribution in [3.05, 3.63) is 41.6 Å². The molecule has 112 valence electrons. The highest BCUT2D eigenvalue weighted by Gasteiger charge is 2.33. The number of nitrogens with zero attached hydrogens (tertiary/aromatic N) is 2. The lowest BCUT2D eigenvalue weighted by Gasteiger charge is -2.12. The zero-order valence-electron chi connectivity index (χ0n) is 11.6. The van der Waals surface area contributed by atoms with Crippen molar-refractivity contribution >= 4 is 17.5 Å². The second kappa shape index (κ2) is 5.99. The molecule has 0 aliphatic rings. The molecule has 0 aliphatic carbocycles. The van der Waals surface area contributed by atoms with Crippen molar-refractivity contribution in [2.45, 2.75) is 19.5 Å². The minimum absolute atomic E-state index is 0.0843. The zero-order chi connectivity index (χ0) is 15.5. The Kier molecular flexibility index (Phi) is 4.30. The number of hydrogen-bond donors (Lipinski definition) is 2. The fourth-order valence-corrected chi connectivity index (χ4v) is 1.79. The Morgan fingerprint density at radius 1 is 1.14 bits per heavy atom. The Hall–Kier alpha value is -2.31. The molecule has 4 nitrogen and oxygen atoms in total. The first kappa shape index (κ1) is 15.1. The summed E-state index contributed by atoms with van der Waals surface area (Å²) in [5, 5.41) is 5.40. The van der Waals surface area contributed by atoms with E-state index in [1.54, 1.807) is 6.07 Å². The number of nitrogens with one attached hydrogen (secondary N) is 2. The molecule has 2 aromatic rings. The molecule has 0 saturated carbocycles. The molecule has 1 aromatic carbocycles. The molecule has 1 heterocycles. The van der Waals surface area contributed by atoms with Crippen molar-refractivity contribution in [1.82, 2.24) is 9.97 Å². The molecule has 0 amide bonds. The Labute approximate surface area is 120 Å². The van der Waals surface area contributed by atoms with E-state index in [1.165, 1.54) is 7.05 Å². The summed E-state index contributed by atoms with van der Waals surface area (Å²) >= 11 is 0. The Morgan fingerprint density at radius 3 is 2.52 bits per heavy atom. The normalized spacial score (nSPS) is 11.3. The lowest BCUT2D eigenvalue weighted by Crippen LogP contribution is -2.12. The van der Waals surface area contributed by atoms with Gasteiger partial charge in [0.2, 0.25) is 5.95 Å². The third-order valence-electron chi connectivity index (χ3n) is 2.85. The third kappa shape index (κ3) is 3.84. The quantitative estimate of drug-likeness (QED) is 0.900. The van der Waals surface area contributed by atoms with Crippen molar-refractivity contribution in [3.63, 3.8) is 0 Å². The van der Waals surface area contributed by atoms with Crippen LogP contribution in [0.4, 0.5) is 30.6 Å². The summed E-state index contributed by atoms with van der Waals surface area (Å²) in [6, 6.07) is 8.32. The fraction of sp³-hybridized carbons (Fsp3) is 0.286. The number of aryl methyl sites for hydroxylation is 1. The molecule has 0 saturated heterocycles. The minimum atomic E-state index is -4.52. The topological polar surface area (TPSA) is 49.8 Å². The summed E-state index contributed by atoms with van der Waals surface area (Å²) in [5.41, 5.74) is 0.776. The van der Waals surface area contributed by atoms with Gasteiger partial charge >= 0.3 is 6.18 Å². The van der Waals surface area contributed by atoms with E-state index in [4.69, 9.17) is 0 Å². The lowest BCUT2D eigenvalue weighted by molar-refractivity contribution is -0.141. The van der Waals surface area contributed by atoms with Gasteiger partial charge in [0.1, 0.15) is 5.82 Å². The summed E-state index contributed by atoms with van der Waals surface area (Å²) < 4.78 is 38.4. The molecule has 21 heavy (non-hydrogen) atoms. The SMILES string of the molecule is CCc1cccc(Nc2cc(C(F)(F)F)nc(NC)n2)c1. The zero-order valence-corrected chi connectivity index (χ0v) is 11.6. The highest BCUT2D eigenvalue weighted by atomic mass is 19.4. The van der Waals surface area contributed by atoms with Crippen LogP contribution >= 0.6 is 0 Å². The van der Waals surface area contributed by atoms with E-state index in [0.717, 1.165) is 18.1 Å². The van der Waals surface area contributed by atoms with Crippen molar-refractivity contribution in [2.24, 2.45) is 0 Å². The summed E-state index contributed by atoms with van der Waals surface area (Å²) in [5.74, 6) is 0.00824. The smallest absolute Gasteiger partial charge is 0.357 e. The molecule has 1 aromatic heterocycles. The maximum Gasteiger partial charge on any atom is 0.433 e. The number of rotatable bonds is 4. The first-order valence-corrected chi connectivity index (χ1v) is 6.42. The largest absolute Gasteiger partial charge is 0.433 e. The van der Waals surface area contributed by atoms with E-state index in [2.05, 4.69) is 20.6 Å². The number of alkyl halides is 3. The monoisotopic (exact) mass is 296 g/mol. The van der Waals surface area contributed by atoms with Crippen LogP contribution in [0.1, 0.15) is 18.2 Å². The van der Waals surface area contributed by atoms with Crippen molar-refractivity contribution in [1.29, 1.82) is 0 Å². The van der Waals surface area contributed by atoms with Crippen LogP contribution in [0.15, 0.2) is 30.3 Å². The molecule has 2 rings (SSSR count). The number of hydrogen-bond acceptors (Lipinski definition) is 4. The third-order valence-corrected chi connectivity index (χ3v) is 2.85. The van der Waals surface area contributed by atoms with Crippen LogP contribution in [-0.2, 0) is 12.6 Å². The average Bonchev–Trinajstić information content (AvgIpc) is 2.46. The Morgan fingerprint density at radius 2 is 1.90 bits per heavy atom. The van der Waals surface area contributed by atoms with Crippen LogP contribution in [0.3, 0.4) is 0 Å². The van der Waals surface area contributed by atoms with Gasteiger partial charge < -0.3 is 10.6 Å². The molecular formula is C14H15F3N4. The summed E-state index contributed by atoms with van der Waals surface area (Å²) in [7, 11) is 1.47. The molecule has 2 N–H and O–H groups in total. The molecule has 0 radical (unpaired) electrons. The maximum absolute atomic E-state index is 12.8. The second-order valence-corrected chi connectivity index (χ2v) is 4.39. The van der Waals surface area contributed by atoms with Crippen LogP contribution in [0, 0.1) is 0 Å². The fourth-order valence-electron chi connectivity index (χ4n) is 1.79. The maximum atomic E-state index is 12.8. The molecule has 0 spiro atoms. The van der Waals surface area contributed by atoms with Crippen LogP contribution in [0.25, 0.3) is 0 Å². The number of anilines is 3. The highest BCUT2D eigenvalue weighted by Crippen LogP contribution is 2.30. The number of aromatic nitrogens is 2. The molecule has 0 aliphatic heterocycles. The summed E-state index contributed by atoms with van der Waals surface area (Å²) in [6.07, 6.45) is -3.68. The predicted molar refractivity (Wildman–Crippen MR) is 75.7 cm³/mol. The van der Waals surface area contributed by atoms with Gasteiger partial charge in [0.15, 0.2) is 5.69 Å². The van der Waals surface area contributed by atoms with Gasteiger partial charge in [-0.1, -0.05) is 19.1 Å². The van der Waals surface area contributed by atoms with Crippen molar-refractivity contribution < 1.29 is 13.2 Å². The van der Waals surface area contributed by atoms with Crippen LogP contribution in [0.5, 0.6) is 0 Å². The molecular weight excluding hydrogens is 281 g/mol. The van der Waals surface area contributed by atoms with E-state index in [0.29, 0.717) is 5.69 Å². The van der Waals surface area contributed by atoms with Crippen LogP contribution < -0.4 is 10.6 Å². The molecule has 0 atom stereocenters. The van der Waals surface area contributed by atoms with Gasteiger partial charge in [0.05, 0.1) is 0 Å². The Balaban J connectivity index is 2.34. The van der Waals surface area contributed by atoms with Gasteiger partial charge in [-0.2, -0.15) is 18.2 Å². The predicted octanol–water partition coefficient (Wildman–Crippen LogP) is 3.84. The molecule has 0 unspecified atom stereocenters. The van der Waals surface area contributed by atoms with E-state index in [1.807, 2.05) is 25.1 Å². The van der Waals surface area contributed by atoms with Gasteiger partial charge in [-0.15, -0.1) is 0 Å². The van der Waals surface area contributed by atoms with Crippen molar-refractivity contribution in [2.75, 3.05) is 17.7 Å². The Bertz CT molecular complexity index is 626. The van der Waals surface area contributed by atoms with Gasteiger partial charge in [0.25, 0.3) is 0 Å². The second-order valence-electron chi connectivity index (χ2n) is 4.39. The number of halogens is 3. The van der Waals surface area contributed by atoms with Gasteiger partial charge in [-0.3, -0.25) is 0 Å². The summed E-state index contributed by atoms with van der Waals surface area (Å²) in [4.78, 5) is 7.39. The highest BCUT2D eigenvalue weighted by molar-refractivity contribution is 5.58. The molecule has 0 bridgehead atoms. The molecule has 0 fully saturated rings. The average molecular weight is 296 g/mol. The lowest BCUT2D eigenvalue weighted by atomic mass is 10.1. The standard InChI is InChI=1S/C14H15F3N4/c1-3-9-5-4-6-10(7-9)19-12-8-11(14(15,16)17)20-13(18-2)21-12/h4-8H,3H2,1-2H3,(H2,18,19,20,21). The van der Waals surface area contributed by atoms with Crippen LogP contribution in [0.2, 0.25) is 0 Å². The van der Waals surface area contributed by atoms with Gasteiger partial charge in [-0.25, -0.2) is 4.98 Å². The van der Waals surface area contributed by atoms with E-state index in [-0.39, 0.29) is 11.8 Å². The van der Waals surface area contributed by atoms with Gasteiger partial charge in [-0.05, 0) is 24.1 Å². The first-order chi connectivity index (χ1) is 9.92. The van der Waals surface area contributed by atoms with E-state index >= 15 is 0 Å².